The summed E-state index contributed by atoms with van der Waals surface area (Å²) in [5.74, 6) is 0.896. The summed E-state index contributed by atoms with van der Waals surface area (Å²) < 4.78 is 1.82. The number of hydrogen-bond acceptors (Lipinski definition) is 2. The second-order valence-electron chi connectivity index (χ2n) is 5.27. The van der Waals surface area contributed by atoms with Crippen LogP contribution in [0.2, 0.25) is 0 Å². The van der Waals surface area contributed by atoms with Crippen molar-refractivity contribution in [3.8, 4) is 0 Å². The van der Waals surface area contributed by atoms with Crippen LogP contribution in [0.5, 0.6) is 0 Å². The van der Waals surface area contributed by atoms with Crippen LogP contribution in [0.1, 0.15) is 43.1 Å². The van der Waals surface area contributed by atoms with Gasteiger partial charge in [0.15, 0.2) is 0 Å². The highest BCUT2D eigenvalue weighted by Crippen LogP contribution is 2.22. The van der Waals surface area contributed by atoms with E-state index in [0.717, 1.165) is 31.8 Å². The molecule has 1 saturated heterocycles. The van der Waals surface area contributed by atoms with Crippen LogP contribution >= 0.6 is 0 Å². The average molecular weight is 249 g/mol. The number of aryl methyl sites for hydroxylation is 1. The summed E-state index contributed by atoms with van der Waals surface area (Å²) in [7, 11) is 1.87. The lowest BCUT2D eigenvalue weighted by molar-refractivity contribution is 0.0750. The summed E-state index contributed by atoms with van der Waals surface area (Å²) in [6.45, 7) is 3.99. The lowest BCUT2D eigenvalue weighted by Crippen LogP contribution is -2.33. The zero-order valence-corrected chi connectivity index (χ0v) is 11.4. The molecule has 0 aliphatic carbocycles. The van der Waals surface area contributed by atoms with Crippen molar-refractivity contribution >= 4 is 11.6 Å². The molecule has 4 heteroatoms. The first kappa shape index (κ1) is 13.0. The molecule has 100 valence electrons. The third-order valence-electron chi connectivity index (χ3n) is 3.96. The maximum Gasteiger partial charge on any atom is 0.270 e. The molecule has 4 nitrogen and oxygen atoms in total. The smallest absolute Gasteiger partial charge is 0.270 e. The number of likely N-dealkylation sites (tertiary alicyclic amines) is 1. The summed E-state index contributed by atoms with van der Waals surface area (Å²) in [6.07, 6.45) is 6.50. The van der Waals surface area contributed by atoms with Crippen LogP contribution in [0.4, 0.5) is 5.69 Å². The summed E-state index contributed by atoms with van der Waals surface area (Å²) >= 11 is 0. The highest BCUT2D eigenvalue weighted by Gasteiger charge is 2.22. The van der Waals surface area contributed by atoms with Crippen molar-refractivity contribution in [2.24, 2.45) is 13.0 Å². The van der Waals surface area contributed by atoms with Gasteiger partial charge in [-0.15, -0.1) is 0 Å². The molecule has 0 bridgehead atoms. The van der Waals surface area contributed by atoms with Gasteiger partial charge in [-0.25, -0.2) is 0 Å². The molecule has 2 heterocycles. The maximum absolute atomic E-state index is 12.4. The van der Waals surface area contributed by atoms with Crippen LogP contribution in [-0.2, 0) is 7.05 Å². The predicted molar refractivity (Wildman–Crippen MR) is 73.4 cm³/mol. The van der Waals surface area contributed by atoms with Crippen LogP contribution in [0.15, 0.2) is 12.3 Å². The number of nitrogens with two attached hydrogens (primary N) is 1. The Bertz CT molecular complexity index is 425. The van der Waals surface area contributed by atoms with Gasteiger partial charge in [0.05, 0.1) is 5.69 Å². The fraction of sp³-hybridized carbons (Fsp3) is 0.643. The van der Waals surface area contributed by atoms with Crippen LogP contribution in [0.25, 0.3) is 0 Å². The molecule has 1 aromatic rings. The highest BCUT2D eigenvalue weighted by atomic mass is 16.2. The van der Waals surface area contributed by atoms with Gasteiger partial charge < -0.3 is 15.2 Å². The lowest BCUT2D eigenvalue weighted by atomic mass is 9.98. The molecule has 0 saturated carbocycles. The summed E-state index contributed by atoms with van der Waals surface area (Å²) in [4.78, 5) is 14.4. The summed E-state index contributed by atoms with van der Waals surface area (Å²) in [6, 6.07) is 1.77. The largest absolute Gasteiger partial charge is 0.397 e. The quantitative estimate of drug-likeness (QED) is 0.874. The minimum atomic E-state index is 0.117. The fourth-order valence-corrected chi connectivity index (χ4v) is 2.74. The van der Waals surface area contributed by atoms with Crippen molar-refractivity contribution in [3.05, 3.63) is 18.0 Å². The standard InChI is InChI=1S/C14H23N3O/c1-3-11-5-4-7-17(8-6-11)14(18)13-9-12(15)10-16(13)2/h9-11H,3-8,15H2,1-2H3. The van der Waals surface area contributed by atoms with E-state index in [2.05, 4.69) is 6.92 Å². The van der Waals surface area contributed by atoms with E-state index in [9.17, 15) is 4.79 Å². The van der Waals surface area contributed by atoms with Crippen molar-refractivity contribution in [2.75, 3.05) is 18.8 Å². The lowest BCUT2D eigenvalue weighted by Gasteiger charge is -2.20. The van der Waals surface area contributed by atoms with E-state index >= 15 is 0 Å². The Morgan fingerprint density at radius 1 is 1.44 bits per heavy atom. The van der Waals surface area contributed by atoms with E-state index in [0.29, 0.717) is 11.4 Å². The number of aromatic nitrogens is 1. The number of rotatable bonds is 2. The zero-order valence-electron chi connectivity index (χ0n) is 11.4. The van der Waals surface area contributed by atoms with Gasteiger partial charge >= 0.3 is 0 Å². The monoisotopic (exact) mass is 249 g/mol. The molecule has 1 aliphatic rings. The first-order valence-corrected chi connectivity index (χ1v) is 6.83. The van der Waals surface area contributed by atoms with Gasteiger partial charge in [0, 0.05) is 26.3 Å². The van der Waals surface area contributed by atoms with Crippen LogP contribution in [0, 0.1) is 5.92 Å². The van der Waals surface area contributed by atoms with E-state index < -0.39 is 0 Å². The minimum absolute atomic E-state index is 0.117. The van der Waals surface area contributed by atoms with Crippen molar-refractivity contribution in [2.45, 2.75) is 32.6 Å². The molecule has 1 aliphatic heterocycles. The molecule has 0 radical (unpaired) electrons. The molecule has 1 amide bonds. The summed E-state index contributed by atoms with van der Waals surface area (Å²) in [5.41, 5.74) is 7.08. The number of amides is 1. The van der Waals surface area contributed by atoms with Gasteiger partial charge in [-0.1, -0.05) is 13.3 Å². The number of anilines is 1. The van der Waals surface area contributed by atoms with E-state index in [1.807, 2.05) is 16.5 Å². The van der Waals surface area contributed by atoms with Crippen molar-refractivity contribution in [3.63, 3.8) is 0 Å². The Kier molecular flexibility index (Phi) is 3.94. The van der Waals surface area contributed by atoms with Gasteiger partial charge in [0.2, 0.25) is 0 Å². The molecule has 2 N–H and O–H groups in total. The van der Waals surface area contributed by atoms with Gasteiger partial charge in [-0.05, 0) is 31.2 Å². The zero-order chi connectivity index (χ0) is 13.1. The Morgan fingerprint density at radius 3 is 2.83 bits per heavy atom. The topological polar surface area (TPSA) is 51.3 Å². The molecular weight excluding hydrogens is 226 g/mol. The van der Waals surface area contributed by atoms with E-state index in [1.165, 1.54) is 12.8 Å². The van der Waals surface area contributed by atoms with Crippen molar-refractivity contribution < 1.29 is 4.79 Å². The van der Waals surface area contributed by atoms with Crippen LogP contribution < -0.4 is 5.73 Å². The normalized spacial score (nSPS) is 20.8. The van der Waals surface area contributed by atoms with Gasteiger partial charge in [0.1, 0.15) is 5.69 Å². The SMILES string of the molecule is CCC1CCCN(C(=O)c2cc(N)cn2C)CC1. The first-order chi connectivity index (χ1) is 8.61. The first-order valence-electron chi connectivity index (χ1n) is 6.83. The Balaban J connectivity index is 2.07. The molecule has 0 aromatic carbocycles. The minimum Gasteiger partial charge on any atom is -0.397 e. The van der Waals surface area contributed by atoms with Crippen LogP contribution in [-0.4, -0.2) is 28.5 Å². The molecule has 18 heavy (non-hydrogen) atoms. The Morgan fingerprint density at radius 2 is 2.22 bits per heavy atom. The maximum atomic E-state index is 12.4. The molecule has 0 spiro atoms. The molecule has 1 aromatic heterocycles. The molecule has 1 unspecified atom stereocenters. The van der Waals surface area contributed by atoms with Crippen molar-refractivity contribution in [1.29, 1.82) is 0 Å². The molecule has 1 atom stereocenters. The number of hydrogen-bond donors (Lipinski definition) is 1. The highest BCUT2D eigenvalue weighted by molar-refractivity contribution is 5.93. The third kappa shape index (κ3) is 2.68. The third-order valence-corrected chi connectivity index (χ3v) is 3.96. The number of carbonyl (C=O) groups is 1. The Labute approximate surface area is 109 Å². The number of nitrogen functional groups attached to an aromatic ring is 1. The molecule has 2 rings (SSSR count). The van der Waals surface area contributed by atoms with Gasteiger partial charge in [0.25, 0.3) is 5.91 Å². The second kappa shape index (κ2) is 5.46. The average Bonchev–Trinajstić information content (AvgIpc) is 2.56. The van der Waals surface area contributed by atoms with E-state index in [4.69, 9.17) is 5.73 Å². The molecular formula is C14H23N3O. The van der Waals surface area contributed by atoms with Crippen molar-refractivity contribution in [1.82, 2.24) is 9.47 Å². The predicted octanol–water partition coefficient (Wildman–Crippen LogP) is 2.26. The van der Waals surface area contributed by atoms with Crippen LogP contribution in [0.3, 0.4) is 0 Å². The number of nitrogens with zero attached hydrogens (tertiary/aromatic N) is 2. The fourth-order valence-electron chi connectivity index (χ4n) is 2.74. The van der Waals surface area contributed by atoms with E-state index in [1.54, 1.807) is 12.3 Å². The van der Waals surface area contributed by atoms with E-state index in [-0.39, 0.29) is 5.91 Å². The summed E-state index contributed by atoms with van der Waals surface area (Å²) in [5, 5.41) is 0. The Hall–Kier alpha value is -1.45. The molecule has 1 fully saturated rings. The van der Waals surface area contributed by atoms with Gasteiger partial charge in [-0.3, -0.25) is 4.79 Å². The number of carbonyl (C=O) groups excluding carboxylic acids is 1. The second-order valence-corrected chi connectivity index (χ2v) is 5.27. The van der Waals surface area contributed by atoms with Gasteiger partial charge in [-0.2, -0.15) is 0 Å².